The van der Waals surface area contributed by atoms with Gasteiger partial charge in [-0.3, -0.25) is 0 Å². The number of rotatable bonds is 16. The zero-order chi connectivity index (χ0) is 42.5. The van der Waals surface area contributed by atoms with Crippen molar-refractivity contribution in [2.45, 2.75) is 34.6 Å². The van der Waals surface area contributed by atoms with E-state index < -0.39 is 15.8 Å². The van der Waals surface area contributed by atoms with Crippen molar-refractivity contribution in [1.82, 2.24) is 0 Å². The van der Waals surface area contributed by atoms with E-state index in [9.17, 15) is 0 Å². The molecule has 0 saturated carbocycles. The number of aryl methyl sites for hydroxylation is 5. The van der Waals surface area contributed by atoms with Crippen molar-refractivity contribution in [3.63, 3.8) is 0 Å². The number of ether oxygens (including phenoxy) is 8. The molecule has 0 amide bonds. The lowest BCUT2D eigenvalue weighted by molar-refractivity contribution is 0.0514. The van der Waals surface area contributed by atoms with Gasteiger partial charge in [-0.15, -0.1) is 0 Å². The lowest BCUT2D eigenvalue weighted by Crippen LogP contribution is -2.28. The number of benzene rings is 6. The van der Waals surface area contributed by atoms with E-state index in [1.807, 2.05) is 66.7 Å². The molecule has 0 bridgehead atoms. The summed E-state index contributed by atoms with van der Waals surface area (Å²) in [6.45, 7) is 10.9. The first-order valence-corrected chi connectivity index (χ1v) is 21.9. The van der Waals surface area contributed by atoms with Crippen molar-refractivity contribution in [2.75, 3.05) is 56.2 Å². The molecule has 59 heavy (non-hydrogen) atoms. The van der Waals surface area contributed by atoms with Crippen molar-refractivity contribution >= 4 is 47.7 Å². The van der Waals surface area contributed by atoms with Crippen LogP contribution in [0.2, 0.25) is 0 Å². The highest BCUT2D eigenvalue weighted by atomic mass is 31.1. The molecular formula is C49H56O8P2. The van der Waals surface area contributed by atoms with Crippen LogP contribution in [-0.2, 0) is 9.47 Å². The van der Waals surface area contributed by atoms with Crippen LogP contribution >= 0.6 is 15.8 Å². The molecule has 6 aromatic carbocycles. The van der Waals surface area contributed by atoms with E-state index in [1.54, 1.807) is 42.7 Å². The average molecular weight is 835 g/mol. The molecule has 0 fully saturated rings. The summed E-state index contributed by atoms with van der Waals surface area (Å²) in [7, 11) is 8.10. The molecule has 0 unspecified atom stereocenters. The normalized spacial score (nSPS) is 10.9. The predicted molar refractivity (Wildman–Crippen MR) is 245 cm³/mol. The summed E-state index contributed by atoms with van der Waals surface area (Å²) < 4.78 is 45.7. The van der Waals surface area contributed by atoms with E-state index in [2.05, 4.69) is 83.1 Å². The third kappa shape index (κ3) is 10.2. The first-order valence-electron chi connectivity index (χ1n) is 19.2. The topological polar surface area (TPSA) is 73.8 Å². The Hall–Kier alpha value is -5.10. The van der Waals surface area contributed by atoms with E-state index in [0.29, 0.717) is 0 Å². The predicted octanol–water partition coefficient (Wildman–Crippen LogP) is 8.43. The van der Waals surface area contributed by atoms with Gasteiger partial charge >= 0.3 is 0 Å². The van der Waals surface area contributed by atoms with Gasteiger partial charge in [0.2, 0.25) is 0 Å². The van der Waals surface area contributed by atoms with Crippen LogP contribution in [0.4, 0.5) is 0 Å². The van der Waals surface area contributed by atoms with Gasteiger partial charge < -0.3 is 37.9 Å². The second kappa shape index (κ2) is 21.8. The molecule has 0 aliphatic rings. The average Bonchev–Trinajstić information content (AvgIpc) is 3.25. The SMILES string of the molecule is COCOc1c(C)cccc1P(c1c(C)cccc1OC)c1c(C)cccc1OC.COCOc1ccccc1P(c1c(C)cccc1OC)c1c(C)cccc1OC. The fourth-order valence-electron chi connectivity index (χ4n) is 7.04. The molecule has 0 aliphatic carbocycles. The van der Waals surface area contributed by atoms with Gasteiger partial charge in [-0.2, -0.15) is 0 Å². The molecule has 6 rings (SSSR count). The molecule has 0 spiro atoms. The molecule has 310 valence electrons. The van der Waals surface area contributed by atoms with E-state index in [0.717, 1.165) is 71.9 Å². The van der Waals surface area contributed by atoms with E-state index in [1.165, 1.54) is 22.3 Å². The zero-order valence-corrected chi connectivity index (χ0v) is 37.8. The van der Waals surface area contributed by atoms with Gasteiger partial charge in [-0.1, -0.05) is 84.9 Å². The van der Waals surface area contributed by atoms with Crippen molar-refractivity contribution in [3.8, 4) is 34.5 Å². The van der Waals surface area contributed by atoms with Gasteiger partial charge in [0.1, 0.15) is 34.5 Å². The molecule has 0 N–H and O–H groups in total. The third-order valence-electron chi connectivity index (χ3n) is 9.77. The minimum Gasteiger partial charge on any atom is -0.496 e. The maximum atomic E-state index is 6.08. The number of hydrogen-bond donors (Lipinski definition) is 0. The Morgan fingerprint density at radius 2 is 0.661 bits per heavy atom. The molecule has 0 saturated heterocycles. The molecule has 0 radical (unpaired) electrons. The second-order valence-corrected chi connectivity index (χ2v) is 17.8. The van der Waals surface area contributed by atoms with Crippen LogP contribution in [0.1, 0.15) is 27.8 Å². The van der Waals surface area contributed by atoms with Gasteiger partial charge in [0, 0.05) is 46.0 Å². The van der Waals surface area contributed by atoms with Crippen LogP contribution in [0.25, 0.3) is 0 Å². The smallest absolute Gasteiger partial charge is 0.188 e. The van der Waals surface area contributed by atoms with Crippen molar-refractivity contribution in [3.05, 3.63) is 143 Å². The molecular weight excluding hydrogens is 778 g/mol. The van der Waals surface area contributed by atoms with Gasteiger partial charge in [0.25, 0.3) is 0 Å². The summed E-state index contributed by atoms with van der Waals surface area (Å²) in [5.74, 6) is 5.11. The second-order valence-electron chi connectivity index (χ2n) is 13.7. The summed E-state index contributed by atoms with van der Waals surface area (Å²) in [5.41, 5.74) is 5.75. The number of methoxy groups -OCH3 is 6. The molecule has 0 aliphatic heterocycles. The molecule has 0 heterocycles. The lowest BCUT2D eigenvalue weighted by atomic mass is 10.2. The highest BCUT2D eigenvalue weighted by molar-refractivity contribution is 7.81. The van der Waals surface area contributed by atoms with Gasteiger partial charge in [-0.05, 0) is 109 Å². The van der Waals surface area contributed by atoms with Crippen LogP contribution in [0.3, 0.4) is 0 Å². The monoisotopic (exact) mass is 834 g/mol. The lowest BCUT2D eigenvalue weighted by Gasteiger charge is -2.28. The number of para-hydroxylation sites is 2. The van der Waals surface area contributed by atoms with E-state index in [4.69, 9.17) is 37.9 Å². The van der Waals surface area contributed by atoms with Gasteiger partial charge in [0.05, 0.1) is 28.4 Å². The Balaban J connectivity index is 0.000000224. The minimum absolute atomic E-state index is 0.190. The van der Waals surface area contributed by atoms with Crippen LogP contribution in [-0.4, -0.2) is 56.2 Å². The summed E-state index contributed by atoms with van der Waals surface area (Å²) in [5, 5.41) is 6.85. The van der Waals surface area contributed by atoms with E-state index in [-0.39, 0.29) is 13.6 Å². The minimum atomic E-state index is -1.03. The Morgan fingerprint density at radius 1 is 0.339 bits per heavy atom. The third-order valence-corrected chi connectivity index (χ3v) is 15.5. The van der Waals surface area contributed by atoms with E-state index >= 15 is 0 Å². The summed E-state index contributed by atoms with van der Waals surface area (Å²) in [6.07, 6.45) is 0. The Kier molecular flexibility index (Phi) is 16.6. The molecule has 10 heteroatoms. The van der Waals surface area contributed by atoms with Crippen molar-refractivity contribution < 1.29 is 37.9 Å². The van der Waals surface area contributed by atoms with Gasteiger partial charge in [0.15, 0.2) is 13.6 Å². The highest BCUT2D eigenvalue weighted by Gasteiger charge is 2.31. The summed E-state index contributed by atoms with van der Waals surface area (Å²) >= 11 is 0. The molecule has 6 aromatic rings. The Morgan fingerprint density at radius 3 is 1.07 bits per heavy atom. The quantitative estimate of drug-likeness (QED) is 0.0712. The summed E-state index contributed by atoms with van der Waals surface area (Å²) in [4.78, 5) is 0. The Labute approximate surface area is 352 Å². The maximum Gasteiger partial charge on any atom is 0.188 e. The first-order chi connectivity index (χ1) is 28.6. The van der Waals surface area contributed by atoms with Crippen LogP contribution in [0, 0.1) is 34.6 Å². The number of hydrogen-bond acceptors (Lipinski definition) is 8. The van der Waals surface area contributed by atoms with Crippen molar-refractivity contribution in [1.29, 1.82) is 0 Å². The van der Waals surface area contributed by atoms with Crippen molar-refractivity contribution in [2.24, 2.45) is 0 Å². The zero-order valence-electron chi connectivity index (χ0n) is 36.0. The summed E-state index contributed by atoms with van der Waals surface area (Å²) in [6, 6.07) is 39.1. The molecule has 0 atom stereocenters. The molecule has 0 aromatic heterocycles. The standard InChI is InChI=1S/C25H29O4P.C24H27O4P/c1-17-10-9-15-22(23(17)29-16-26-4)30(24-18(2)11-7-13-20(24)27-5)25-19(3)12-8-14-21(25)28-6;1-17-10-8-13-20(26-4)23(17)29(24-18(2)11-9-14-21(24)27-5)22-15-7-6-12-19(22)28-16-25-3/h7-15H,16H2,1-6H3;6-15H,16H2,1-5H3. The first kappa shape index (κ1) is 45.0. The fraction of sp³-hybridized carbons (Fsp3) is 0.265. The maximum absolute atomic E-state index is 6.08. The van der Waals surface area contributed by atoms with Gasteiger partial charge in [-0.25, -0.2) is 0 Å². The fourth-order valence-corrected chi connectivity index (χ4v) is 13.0. The Bertz CT molecular complexity index is 2200. The largest absolute Gasteiger partial charge is 0.496 e. The van der Waals surface area contributed by atoms with Crippen LogP contribution in [0.5, 0.6) is 34.5 Å². The van der Waals surface area contributed by atoms with Crippen LogP contribution in [0.15, 0.2) is 115 Å². The van der Waals surface area contributed by atoms with Crippen LogP contribution < -0.4 is 60.2 Å². The highest BCUT2D eigenvalue weighted by Crippen LogP contribution is 2.46. The molecule has 8 nitrogen and oxygen atoms in total.